The molecule has 0 radical (unpaired) electrons. The number of rotatable bonds is 9. The molecule has 158 valence electrons. The first-order valence-corrected chi connectivity index (χ1v) is 9.65. The van der Waals surface area contributed by atoms with Crippen LogP contribution < -0.4 is 0 Å². The van der Waals surface area contributed by atoms with Crippen LogP contribution in [0.2, 0.25) is 0 Å². The molecular formula is C20H26ClN3O5. The van der Waals surface area contributed by atoms with Gasteiger partial charge in [0.1, 0.15) is 6.61 Å². The molecule has 0 amide bonds. The fraction of sp³-hybridized carbons (Fsp3) is 0.400. The quantitative estimate of drug-likeness (QED) is 0.271. The molecule has 0 aromatic carbocycles. The maximum absolute atomic E-state index is 9.55. The second-order valence-corrected chi connectivity index (χ2v) is 6.52. The van der Waals surface area contributed by atoms with Crippen LogP contribution >= 0.6 is 11.6 Å². The number of likely N-dealkylation sites (tertiary alicyclic amines) is 1. The number of aliphatic carboxylic acids is 2. The van der Waals surface area contributed by atoms with E-state index in [1.807, 2.05) is 18.2 Å². The van der Waals surface area contributed by atoms with E-state index in [2.05, 4.69) is 15.0 Å². The zero-order chi connectivity index (χ0) is 21.3. The number of nitrogens with zero attached hydrogens (tertiary/aromatic N) is 3. The molecule has 8 nitrogen and oxygen atoms in total. The summed E-state index contributed by atoms with van der Waals surface area (Å²) < 4.78 is 0. The lowest BCUT2D eigenvalue weighted by Crippen LogP contribution is -2.31. The molecule has 0 atom stereocenters. The number of hydrogen-bond acceptors (Lipinski definition) is 6. The van der Waals surface area contributed by atoms with Crippen LogP contribution in [0.3, 0.4) is 0 Å². The van der Waals surface area contributed by atoms with Crippen molar-refractivity contribution in [3.05, 3.63) is 48.3 Å². The van der Waals surface area contributed by atoms with Crippen molar-refractivity contribution >= 4 is 34.8 Å². The van der Waals surface area contributed by atoms with Crippen molar-refractivity contribution in [1.82, 2.24) is 9.88 Å². The zero-order valence-corrected chi connectivity index (χ0v) is 16.9. The first-order valence-electron chi connectivity index (χ1n) is 9.27. The van der Waals surface area contributed by atoms with Crippen LogP contribution in [0.5, 0.6) is 0 Å². The van der Waals surface area contributed by atoms with Gasteiger partial charge >= 0.3 is 11.9 Å². The van der Waals surface area contributed by atoms with Crippen molar-refractivity contribution in [3.63, 3.8) is 0 Å². The van der Waals surface area contributed by atoms with Gasteiger partial charge in [0.05, 0.1) is 0 Å². The van der Waals surface area contributed by atoms with Gasteiger partial charge in [0.2, 0.25) is 0 Å². The van der Waals surface area contributed by atoms with Crippen LogP contribution in [-0.4, -0.2) is 63.4 Å². The van der Waals surface area contributed by atoms with E-state index in [1.54, 1.807) is 18.5 Å². The highest BCUT2D eigenvalue weighted by Crippen LogP contribution is 2.08. The lowest BCUT2D eigenvalue weighted by atomic mass is 10.1. The van der Waals surface area contributed by atoms with Gasteiger partial charge < -0.3 is 20.0 Å². The Balaban J connectivity index is 0.000000447. The number of aromatic nitrogens is 1. The molecule has 1 fully saturated rings. The Labute approximate surface area is 175 Å². The second kappa shape index (κ2) is 15.2. The summed E-state index contributed by atoms with van der Waals surface area (Å²) in [6, 6.07) is 3.83. The van der Waals surface area contributed by atoms with E-state index in [9.17, 15) is 9.59 Å². The van der Waals surface area contributed by atoms with Crippen LogP contribution in [0.4, 0.5) is 0 Å². The minimum absolute atomic E-state index is 0.344. The topological polar surface area (TPSA) is 112 Å². The molecule has 0 saturated carbocycles. The fourth-order valence-electron chi connectivity index (χ4n) is 2.46. The van der Waals surface area contributed by atoms with Crippen LogP contribution in [-0.2, 0) is 14.4 Å². The molecule has 1 aromatic rings. The summed E-state index contributed by atoms with van der Waals surface area (Å²) in [5, 5.41) is 19.8. The van der Waals surface area contributed by atoms with Gasteiger partial charge in [-0.15, -0.1) is 0 Å². The Bertz CT molecular complexity index is 685. The van der Waals surface area contributed by atoms with Gasteiger partial charge in [-0.05, 0) is 50.1 Å². The second-order valence-electron chi connectivity index (χ2n) is 6.13. The minimum atomic E-state index is -1.26. The molecule has 2 rings (SSSR count). The number of allylic oxidation sites excluding steroid dienone is 1. The highest BCUT2D eigenvalue weighted by atomic mass is 35.5. The number of carbonyl (C=O) groups is 2. The van der Waals surface area contributed by atoms with Crippen molar-refractivity contribution in [1.29, 1.82) is 0 Å². The van der Waals surface area contributed by atoms with Crippen LogP contribution in [0, 0.1) is 0 Å². The fourth-order valence-corrected chi connectivity index (χ4v) is 2.57. The Hall–Kier alpha value is -2.71. The van der Waals surface area contributed by atoms with E-state index in [0.717, 1.165) is 18.5 Å². The maximum Gasteiger partial charge on any atom is 0.328 e. The number of hydrogen-bond donors (Lipinski definition) is 2. The largest absolute Gasteiger partial charge is 0.478 e. The summed E-state index contributed by atoms with van der Waals surface area (Å²) >= 11 is 5.97. The van der Waals surface area contributed by atoms with Crippen molar-refractivity contribution in [3.8, 4) is 0 Å². The number of piperidine rings is 1. The highest BCUT2D eigenvalue weighted by molar-refractivity contribution is 6.68. The van der Waals surface area contributed by atoms with Gasteiger partial charge in [-0.1, -0.05) is 35.3 Å². The molecule has 0 bridgehead atoms. The minimum Gasteiger partial charge on any atom is -0.478 e. The summed E-state index contributed by atoms with van der Waals surface area (Å²) in [6.45, 7) is 4.13. The molecule has 29 heavy (non-hydrogen) atoms. The first-order chi connectivity index (χ1) is 14.0. The van der Waals surface area contributed by atoms with Crippen LogP contribution in [0.25, 0.3) is 6.08 Å². The normalized spacial score (nSPS) is 15.1. The van der Waals surface area contributed by atoms with E-state index < -0.39 is 11.9 Å². The zero-order valence-electron chi connectivity index (χ0n) is 16.1. The predicted molar refractivity (Wildman–Crippen MR) is 112 cm³/mol. The van der Waals surface area contributed by atoms with Gasteiger partial charge in [-0.25, -0.2) is 9.59 Å². The molecule has 0 aliphatic carbocycles. The monoisotopic (exact) mass is 423 g/mol. The van der Waals surface area contributed by atoms with E-state index >= 15 is 0 Å². The number of pyridine rings is 1. The lowest BCUT2D eigenvalue weighted by Gasteiger charge is -2.25. The van der Waals surface area contributed by atoms with Gasteiger partial charge in [0.15, 0.2) is 5.17 Å². The molecule has 0 spiro atoms. The Kier molecular flexibility index (Phi) is 12.8. The summed E-state index contributed by atoms with van der Waals surface area (Å²) in [4.78, 5) is 30.9. The standard InChI is InChI=1S/C16H22ClN3O.C4H4O4/c17-16(8-7-15-6-4-9-18-14-15)19-21-13-5-12-20-10-2-1-3-11-20;5-3(6)1-2-4(7)8/h4,6-9,14H,1-3,5,10-13H2;1-2H,(H,5,6)(H,7,8)/b;2-1-. The summed E-state index contributed by atoms with van der Waals surface area (Å²) in [5.41, 5.74) is 0.982. The number of carboxylic acid groups (broad SMARTS) is 2. The van der Waals surface area contributed by atoms with Crippen molar-refractivity contribution in [2.24, 2.45) is 5.16 Å². The number of halogens is 1. The smallest absolute Gasteiger partial charge is 0.328 e. The number of carboxylic acids is 2. The van der Waals surface area contributed by atoms with Gasteiger partial charge in [0, 0.05) is 31.1 Å². The lowest BCUT2D eigenvalue weighted by molar-refractivity contribution is -0.134. The maximum atomic E-state index is 9.55. The van der Waals surface area contributed by atoms with Crippen LogP contribution in [0.1, 0.15) is 31.2 Å². The summed E-state index contributed by atoms with van der Waals surface area (Å²) in [7, 11) is 0. The van der Waals surface area contributed by atoms with Crippen molar-refractivity contribution < 1.29 is 24.6 Å². The van der Waals surface area contributed by atoms with Gasteiger partial charge in [-0.3, -0.25) is 4.98 Å². The summed E-state index contributed by atoms with van der Waals surface area (Å²) in [6.07, 6.45) is 13.2. The molecule has 1 aliphatic rings. The van der Waals surface area contributed by atoms with Crippen molar-refractivity contribution in [2.75, 3.05) is 26.2 Å². The Morgan fingerprint density at radius 1 is 1.17 bits per heavy atom. The molecule has 9 heteroatoms. The molecular weight excluding hydrogens is 398 g/mol. The van der Waals surface area contributed by atoms with E-state index in [0.29, 0.717) is 23.9 Å². The first kappa shape index (κ1) is 24.3. The highest BCUT2D eigenvalue weighted by Gasteiger charge is 2.08. The van der Waals surface area contributed by atoms with Crippen LogP contribution in [0.15, 0.2) is 47.9 Å². The molecule has 2 N–H and O–H groups in total. The molecule has 1 aromatic heterocycles. The third-order valence-corrected chi connectivity index (χ3v) is 3.97. The van der Waals surface area contributed by atoms with Gasteiger partial charge in [0.25, 0.3) is 0 Å². The molecule has 0 unspecified atom stereocenters. The summed E-state index contributed by atoms with van der Waals surface area (Å²) in [5.74, 6) is -2.51. The molecule has 1 aliphatic heterocycles. The molecule has 1 saturated heterocycles. The Morgan fingerprint density at radius 3 is 2.45 bits per heavy atom. The van der Waals surface area contributed by atoms with E-state index in [-0.39, 0.29) is 0 Å². The number of oxime groups is 1. The third kappa shape index (κ3) is 14.0. The third-order valence-electron chi connectivity index (χ3n) is 3.78. The van der Waals surface area contributed by atoms with E-state index in [4.69, 9.17) is 26.7 Å². The van der Waals surface area contributed by atoms with Crippen molar-refractivity contribution in [2.45, 2.75) is 25.7 Å². The average molecular weight is 424 g/mol. The van der Waals surface area contributed by atoms with Gasteiger partial charge in [-0.2, -0.15) is 0 Å². The predicted octanol–water partition coefficient (Wildman–Crippen LogP) is 3.25. The Morgan fingerprint density at radius 2 is 1.86 bits per heavy atom. The SMILES string of the molecule is ClC(C=Cc1cccnc1)=NOCCCN1CCCCC1.O=C(O)/C=C\C(=O)O. The molecule has 2 heterocycles. The van der Waals surface area contributed by atoms with E-state index in [1.165, 1.54) is 32.4 Å². The average Bonchev–Trinajstić information content (AvgIpc) is 2.72.